The van der Waals surface area contributed by atoms with Crippen LogP contribution in [0.25, 0.3) is 22.5 Å². The first-order chi connectivity index (χ1) is 15.0. The van der Waals surface area contributed by atoms with Crippen molar-refractivity contribution >= 4 is 5.91 Å². The molecule has 9 heteroatoms. The number of rotatable bonds is 7. The summed E-state index contributed by atoms with van der Waals surface area (Å²) in [6, 6.07) is 13.0. The van der Waals surface area contributed by atoms with Crippen LogP contribution in [-0.4, -0.2) is 37.7 Å². The second kappa shape index (κ2) is 8.62. The Morgan fingerprint density at radius 1 is 1.13 bits per heavy atom. The number of methoxy groups -OCH3 is 1. The van der Waals surface area contributed by atoms with E-state index in [0.717, 1.165) is 11.1 Å². The van der Waals surface area contributed by atoms with Crippen LogP contribution in [0, 0.1) is 6.92 Å². The Morgan fingerprint density at radius 2 is 2.00 bits per heavy atom. The van der Waals surface area contributed by atoms with Gasteiger partial charge in [0.05, 0.1) is 12.8 Å². The molecule has 0 aliphatic rings. The first-order valence-corrected chi connectivity index (χ1v) is 9.46. The molecule has 4 rings (SSSR count). The highest BCUT2D eigenvalue weighted by atomic mass is 16.5. The molecule has 1 aromatic carbocycles. The van der Waals surface area contributed by atoms with E-state index in [-0.39, 0.29) is 12.6 Å². The van der Waals surface area contributed by atoms with Gasteiger partial charge in [-0.15, -0.1) is 0 Å². The average Bonchev–Trinajstić information content (AvgIpc) is 3.17. The molecule has 31 heavy (non-hydrogen) atoms. The van der Waals surface area contributed by atoms with Crippen LogP contribution in [0.5, 0.6) is 17.6 Å². The van der Waals surface area contributed by atoms with Crippen molar-refractivity contribution in [1.29, 1.82) is 0 Å². The van der Waals surface area contributed by atoms with Crippen LogP contribution in [0.4, 0.5) is 0 Å². The summed E-state index contributed by atoms with van der Waals surface area (Å²) in [6.07, 6.45) is 4.94. The van der Waals surface area contributed by atoms with E-state index in [9.17, 15) is 4.79 Å². The molecular weight excluding hydrogens is 396 g/mol. The molecule has 0 saturated heterocycles. The fourth-order valence-corrected chi connectivity index (χ4v) is 3.11. The molecule has 0 aliphatic heterocycles. The largest absolute Gasteiger partial charge is 0.497 e. The molecule has 4 aromatic rings. The van der Waals surface area contributed by atoms with E-state index in [2.05, 4.69) is 20.1 Å². The number of pyridine rings is 1. The number of carbonyl (C=O) groups is 1. The number of amides is 1. The number of primary amides is 1. The van der Waals surface area contributed by atoms with Gasteiger partial charge in [0.15, 0.2) is 0 Å². The third-order valence-electron chi connectivity index (χ3n) is 4.38. The fourth-order valence-electron chi connectivity index (χ4n) is 3.11. The molecule has 0 unspecified atom stereocenters. The Kier molecular flexibility index (Phi) is 5.57. The smallest absolute Gasteiger partial charge is 0.323 e. The molecule has 2 N–H and O–H groups in total. The summed E-state index contributed by atoms with van der Waals surface area (Å²) < 4.78 is 12.5. The van der Waals surface area contributed by atoms with Crippen LogP contribution in [0.15, 0.2) is 61.1 Å². The molecule has 0 bridgehead atoms. The van der Waals surface area contributed by atoms with E-state index in [1.807, 2.05) is 31.2 Å². The van der Waals surface area contributed by atoms with Crippen molar-refractivity contribution in [3.63, 3.8) is 0 Å². The number of nitrogens with zero attached hydrogens (tertiary/aromatic N) is 5. The van der Waals surface area contributed by atoms with Crippen molar-refractivity contribution in [2.75, 3.05) is 7.11 Å². The Bertz CT molecular complexity index is 1220. The predicted molar refractivity (Wildman–Crippen MR) is 113 cm³/mol. The summed E-state index contributed by atoms with van der Waals surface area (Å²) in [5.41, 5.74) is 9.10. The van der Waals surface area contributed by atoms with E-state index in [4.69, 9.17) is 15.2 Å². The molecule has 0 radical (unpaired) electrons. The quantitative estimate of drug-likeness (QED) is 0.492. The summed E-state index contributed by atoms with van der Waals surface area (Å²) in [5.74, 6) is 0.587. The van der Waals surface area contributed by atoms with Crippen LogP contribution < -0.4 is 15.2 Å². The summed E-state index contributed by atoms with van der Waals surface area (Å²) in [4.78, 5) is 24.3. The van der Waals surface area contributed by atoms with Crippen molar-refractivity contribution in [2.45, 2.75) is 13.5 Å². The molecule has 0 spiro atoms. The SMILES string of the molecule is COc1cc(C)cc(-c2nn(CC(N)=O)cc2-c2ccnc(Oc3ccccn3)n2)c1. The number of benzene rings is 1. The Morgan fingerprint density at radius 3 is 2.74 bits per heavy atom. The number of nitrogens with two attached hydrogens (primary N) is 1. The van der Waals surface area contributed by atoms with Gasteiger partial charge in [-0.1, -0.05) is 6.07 Å². The summed E-state index contributed by atoms with van der Waals surface area (Å²) in [5, 5.41) is 4.57. The van der Waals surface area contributed by atoms with Gasteiger partial charge in [0, 0.05) is 35.8 Å². The number of aromatic nitrogens is 5. The van der Waals surface area contributed by atoms with Crippen molar-refractivity contribution < 1.29 is 14.3 Å². The summed E-state index contributed by atoms with van der Waals surface area (Å²) >= 11 is 0. The minimum absolute atomic E-state index is 0.0572. The van der Waals surface area contributed by atoms with Gasteiger partial charge >= 0.3 is 6.01 Å². The highest BCUT2D eigenvalue weighted by molar-refractivity contribution is 5.80. The predicted octanol–water partition coefficient (Wildman–Crippen LogP) is 3.00. The monoisotopic (exact) mass is 416 g/mol. The Hall–Kier alpha value is -4.27. The van der Waals surface area contributed by atoms with Crippen LogP contribution in [0.2, 0.25) is 0 Å². The average molecular weight is 416 g/mol. The second-order valence-corrected chi connectivity index (χ2v) is 6.79. The maximum absolute atomic E-state index is 11.5. The van der Waals surface area contributed by atoms with Crippen LogP contribution in [0.1, 0.15) is 5.56 Å². The van der Waals surface area contributed by atoms with Crippen molar-refractivity contribution in [2.24, 2.45) is 5.73 Å². The van der Waals surface area contributed by atoms with Crippen LogP contribution in [0.3, 0.4) is 0 Å². The summed E-state index contributed by atoms with van der Waals surface area (Å²) in [7, 11) is 1.61. The number of aryl methyl sites for hydroxylation is 1. The van der Waals surface area contributed by atoms with E-state index in [1.54, 1.807) is 43.9 Å². The van der Waals surface area contributed by atoms with Gasteiger partial charge in [0.1, 0.15) is 18.0 Å². The lowest BCUT2D eigenvalue weighted by Gasteiger charge is -2.08. The highest BCUT2D eigenvalue weighted by Gasteiger charge is 2.17. The van der Waals surface area contributed by atoms with Crippen molar-refractivity contribution in [3.8, 4) is 40.2 Å². The summed E-state index contributed by atoms with van der Waals surface area (Å²) in [6.45, 7) is 1.91. The van der Waals surface area contributed by atoms with E-state index in [0.29, 0.717) is 28.6 Å². The van der Waals surface area contributed by atoms with E-state index < -0.39 is 5.91 Å². The van der Waals surface area contributed by atoms with Gasteiger partial charge in [0.2, 0.25) is 11.8 Å². The minimum Gasteiger partial charge on any atom is -0.497 e. The molecule has 0 aliphatic carbocycles. The molecule has 0 fully saturated rings. The molecule has 3 heterocycles. The minimum atomic E-state index is -0.496. The zero-order valence-electron chi connectivity index (χ0n) is 17.0. The van der Waals surface area contributed by atoms with Crippen LogP contribution in [-0.2, 0) is 11.3 Å². The zero-order valence-corrected chi connectivity index (χ0v) is 17.0. The van der Waals surface area contributed by atoms with Gasteiger partial charge in [-0.2, -0.15) is 10.1 Å². The molecule has 1 amide bonds. The first-order valence-electron chi connectivity index (χ1n) is 9.46. The van der Waals surface area contributed by atoms with E-state index in [1.165, 1.54) is 4.68 Å². The fraction of sp³-hybridized carbons (Fsp3) is 0.136. The number of carbonyl (C=O) groups excluding carboxylic acids is 1. The van der Waals surface area contributed by atoms with Gasteiger partial charge < -0.3 is 15.2 Å². The highest BCUT2D eigenvalue weighted by Crippen LogP contribution is 2.33. The molecule has 0 saturated carbocycles. The number of hydrogen-bond acceptors (Lipinski definition) is 7. The van der Waals surface area contributed by atoms with Gasteiger partial charge in [0.25, 0.3) is 0 Å². The first kappa shape index (κ1) is 20.0. The van der Waals surface area contributed by atoms with Gasteiger partial charge in [-0.3, -0.25) is 9.48 Å². The standard InChI is InChI=1S/C22H20N6O3/c1-14-9-15(11-16(10-14)30-2)21-17(12-28(27-21)13-19(23)29)18-6-8-25-22(26-18)31-20-5-3-4-7-24-20/h3-12H,13H2,1-2H3,(H2,23,29). The number of ether oxygens (including phenoxy) is 2. The van der Waals surface area contributed by atoms with E-state index >= 15 is 0 Å². The lowest BCUT2D eigenvalue weighted by Crippen LogP contribution is -2.18. The lowest BCUT2D eigenvalue weighted by molar-refractivity contribution is -0.118. The molecule has 156 valence electrons. The molecule has 9 nitrogen and oxygen atoms in total. The number of hydrogen-bond donors (Lipinski definition) is 1. The van der Waals surface area contributed by atoms with Crippen LogP contribution >= 0.6 is 0 Å². The third kappa shape index (κ3) is 4.67. The maximum Gasteiger partial charge on any atom is 0.323 e. The second-order valence-electron chi connectivity index (χ2n) is 6.79. The van der Waals surface area contributed by atoms with Gasteiger partial charge in [-0.05, 0) is 42.8 Å². The molecule has 3 aromatic heterocycles. The lowest BCUT2D eigenvalue weighted by atomic mass is 10.0. The van der Waals surface area contributed by atoms with Gasteiger partial charge in [-0.25, -0.2) is 9.97 Å². The normalized spacial score (nSPS) is 10.6. The molecular formula is C22H20N6O3. The van der Waals surface area contributed by atoms with Crippen molar-refractivity contribution in [3.05, 3.63) is 66.6 Å². The Balaban J connectivity index is 1.79. The molecule has 0 atom stereocenters. The topological polar surface area (TPSA) is 118 Å². The third-order valence-corrected chi connectivity index (χ3v) is 4.38. The maximum atomic E-state index is 11.5. The van der Waals surface area contributed by atoms with Crippen molar-refractivity contribution in [1.82, 2.24) is 24.7 Å². The Labute approximate surface area is 178 Å². The zero-order chi connectivity index (χ0) is 21.8.